The van der Waals surface area contributed by atoms with Crippen LogP contribution < -0.4 is 9.47 Å². The third-order valence-corrected chi connectivity index (χ3v) is 3.86. The van der Waals surface area contributed by atoms with E-state index in [0.717, 1.165) is 15.6 Å². The summed E-state index contributed by atoms with van der Waals surface area (Å²) in [4.78, 5) is 10.9. The standard InChI is InChI=1S/C12H13BrO4/c1-6(12(14)15)3-8-4-9-11(17-5-16-9)10(13)7(8)2/h4,6H,3,5H2,1-2H3,(H,14,15). The number of halogens is 1. The molecule has 2 rings (SSSR count). The van der Waals surface area contributed by atoms with Crippen LogP contribution in [0.3, 0.4) is 0 Å². The van der Waals surface area contributed by atoms with E-state index in [2.05, 4.69) is 15.9 Å². The van der Waals surface area contributed by atoms with Crippen LogP contribution in [0, 0.1) is 12.8 Å². The van der Waals surface area contributed by atoms with E-state index in [-0.39, 0.29) is 6.79 Å². The summed E-state index contributed by atoms with van der Waals surface area (Å²) in [5.41, 5.74) is 1.97. The Morgan fingerprint density at radius 2 is 2.29 bits per heavy atom. The highest BCUT2D eigenvalue weighted by Gasteiger charge is 2.22. The van der Waals surface area contributed by atoms with Crippen LogP contribution in [0.2, 0.25) is 0 Å². The molecular formula is C12H13BrO4. The van der Waals surface area contributed by atoms with Crippen molar-refractivity contribution < 1.29 is 19.4 Å². The summed E-state index contributed by atoms with van der Waals surface area (Å²) < 4.78 is 11.5. The molecule has 1 heterocycles. The second kappa shape index (κ2) is 4.56. The van der Waals surface area contributed by atoms with Gasteiger partial charge in [0, 0.05) is 0 Å². The number of ether oxygens (including phenoxy) is 2. The molecule has 1 N–H and O–H groups in total. The number of carboxylic acid groups (broad SMARTS) is 1. The molecule has 5 heteroatoms. The van der Waals surface area contributed by atoms with Gasteiger partial charge in [0.1, 0.15) is 0 Å². The van der Waals surface area contributed by atoms with E-state index < -0.39 is 11.9 Å². The highest BCUT2D eigenvalue weighted by atomic mass is 79.9. The normalized spacial score (nSPS) is 14.8. The summed E-state index contributed by atoms with van der Waals surface area (Å²) in [6.07, 6.45) is 0.483. The molecule has 0 radical (unpaired) electrons. The molecule has 1 aromatic rings. The molecule has 0 saturated heterocycles. The smallest absolute Gasteiger partial charge is 0.306 e. The van der Waals surface area contributed by atoms with E-state index in [0.29, 0.717) is 17.9 Å². The average Bonchev–Trinajstić information content (AvgIpc) is 2.73. The van der Waals surface area contributed by atoms with E-state index >= 15 is 0 Å². The third-order valence-electron chi connectivity index (χ3n) is 2.90. The van der Waals surface area contributed by atoms with Gasteiger partial charge in [-0.2, -0.15) is 0 Å². The number of fused-ring (bicyclic) bond motifs is 1. The Kier molecular flexibility index (Phi) is 3.28. The van der Waals surface area contributed by atoms with Crippen LogP contribution >= 0.6 is 15.9 Å². The molecule has 0 aliphatic carbocycles. The van der Waals surface area contributed by atoms with Gasteiger partial charge in [0.2, 0.25) is 6.79 Å². The van der Waals surface area contributed by atoms with E-state index in [1.807, 2.05) is 13.0 Å². The number of hydrogen-bond donors (Lipinski definition) is 1. The minimum absolute atomic E-state index is 0.214. The summed E-state index contributed by atoms with van der Waals surface area (Å²) in [7, 11) is 0. The molecule has 4 nitrogen and oxygen atoms in total. The molecule has 1 atom stereocenters. The Morgan fingerprint density at radius 3 is 2.94 bits per heavy atom. The monoisotopic (exact) mass is 300 g/mol. The number of aliphatic carboxylic acids is 1. The Labute approximate surface area is 108 Å². The Bertz CT molecular complexity index is 470. The van der Waals surface area contributed by atoms with E-state index in [4.69, 9.17) is 14.6 Å². The van der Waals surface area contributed by atoms with E-state index in [9.17, 15) is 4.79 Å². The average molecular weight is 301 g/mol. The van der Waals surface area contributed by atoms with Crippen molar-refractivity contribution in [2.75, 3.05) is 6.79 Å². The van der Waals surface area contributed by atoms with Crippen molar-refractivity contribution in [3.63, 3.8) is 0 Å². The molecule has 17 heavy (non-hydrogen) atoms. The summed E-state index contributed by atoms with van der Waals surface area (Å²) in [6, 6.07) is 1.86. The molecule has 1 aliphatic heterocycles. The lowest BCUT2D eigenvalue weighted by Gasteiger charge is -2.12. The number of carbonyl (C=O) groups is 1. The first-order valence-corrected chi connectivity index (χ1v) is 6.10. The van der Waals surface area contributed by atoms with Crippen molar-refractivity contribution in [2.45, 2.75) is 20.3 Å². The summed E-state index contributed by atoms with van der Waals surface area (Å²) in [6.45, 7) is 3.85. The maximum atomic E-state index is 10.9. The maximum Gasteiger partial charge on any atom is 0.306 e. The van der Waals surface area contributed by atoms with Crippen LogP contribution in [0.4, 0.5) is 0 Å². The minimum Gasteiger partial charge on any atom is -0.481 e. The second-order valence-corrected chi connectivity index (χ2v) is 4.94. The van der Waals surface area contributed by atoms with Gasteiger partial charge in [0.05, 0.1) is 10.4 Å². The van der Waals surface area contributed by atoms with Gasteiger partial charge in [-0.15, -0.1) is 0 Å². The molecular weight excluding hydrogens is 288 g/mol. The molecule has 1 aromatic carbocycles. The molecule has 0 bridgehead atoms. The largest absolute Gasteiger partial charge is 0.481 e. The lowest BCUT2D eigenvalue weighted by Crippen LogP contribution is -2.13. The molecule has 1 unspecified atom stereocenters. The first-order chi connectivity index (χ1) is 8.00. The van der Waals surface area contributed by atoms with E-state index in [1.165, 1.54) is 0 Å². The quantitative estimate of drug-likeness (QED) is 0.932. The second-order valence-electron chi connectivity index (χ2n) is 4.15. The van der Waals surface area contributed by atoms with Crippen molar-refractivity contribution in [3.8, 4) is 11.5 Å². The van der Waals surface area contributed by atoms with Crippen LogP contribution in [-0.4, -0.2) is 17.9 Å². The summed E-state index contributed by atoms with van der Waals surface area (Å²) in [5.74, 6) is 0.170. The lowest BCUT2D eigenvalue weighted by atomic mass is 9.97. The minimum atomic E-state index is -0.793. The fourth-order valence-corrected chi connectivity index (χ4v) is 2.34. The van der Waals surface area contributed by atoms with Crippen LogP contribution in [0.1, 0.15) is 18.1 Å². The summed E-state index contributed by atoms with van der Waals surface area (Å²) >= 11 is 3.46. The Morgan fingerprint density at radius 1 is 1.59 bits per heavy atom. The third kappa shape index (κ3) is 2.24. The topological polar surface area (TPSA) is 55.8 Å². The van der Waals surface area contributed by atoms with E-state index in [1.54, 1.807) is 6.92 Å². The molecule has 92 valence electrons. The van der Waals surface area contributed by atoms with Gasteiger partial charge in [0.25, 0.3) is 0 Å². The number of rotatable bonds is 3. The van der Waals surface area contributed by atoms with Gasteiger partial charge in [0.15, 0.2) is 11.5 Å². The Hall–Kier alpha value is -1.23. The van der Waals surface area contributed by atoms with Crippen molar-refractivity contribution in [2.24, 2.45) is 5.92 Å². The zero-order valence-corrected chi connectivity index (χ0v) is 11.2. The van der Waals surface area contributed by atoms with Crippen LogP contribution in [0.15, 0.2) is 10.5 Å². The highest BCUT2D eigenvalue weighted by Crippen LogP contribution is 2.43. The fourth-order valence-electron chi connectivity index (χ4n) is 1.77. The summed E-state index contributed by atoms with van der Waals surface area (Å²) in [5, 5.41) is 8.93. The van der Waals surface area contributed by atoms with Gasteiger partial charge >= 0.3 is 5.97 Å². The zero-order chi connectivity index (χ0) is 12.6. The first-order valence-electron chi connectivity index (χ1n) is 5.31. The molecule has 0 fully saturated rings. The lowest BCUT2D eigenvalue weighted by molar-refractivity contribution is -0.141. The molecule has 1 aliphatic rings. The first kappa shape index (κ1) is 12.2. The van der Waals surface area contributed by atoms with Crippen LogP contribution in [0.5, 0.6) is 11.5 Å². The molecule has 0 amide bonds. The van der Waals surface area contributed by atoms with Gasteiger partial charge in [-0.25, -0.2) is 0 Å². The predicted molar refractivity (Wildman–Crippen MR) is 65.5 cm³/mol. The molecule has 0 saturated carbocycles. The van der Waals surface area contributed by atoms with Crippen molar-refractivity contribution >= 4 is 21.9 Å². The number of hydrogen-bond acceptors (Lipinski definition) is 3. The van der Waals surface area contributed by atoms with Gasteiger partial charge in [-0.05, 0) is 46.5 Å². The maximum absolute atomic E-state index is 10.9. The number of carboxylic acids is 1. The predicted octanol–water partition coefficient (Wildman–Crippen LogP) is 2.75. The number of benzene rings is 1. The SMILES string of the molecule is Cc1c(CC(C)C(=O)O)cc2c(c1Br)OCO2. The van der Waals surface area contributed by atoms with Crippen molar-refractivity contribution in [1.29, 1.82) is 0 Å². The van der Waals surface area contributed by atoms with Crippen LogP contribution in [-0.2, 0) is 11.2 Å². The van der Waals surface area contributed by atoms with Gasteiger partial charge in [-0.1, -0.05) is 6.92 Å². The van der Waals surface area contributed by atoms with Crippen molar-refractivity contribution in [3.05, 3.63) is 21.7 Å². The van der Waals surface area contributed by atoms with Crippen molar-refractivity contribution in [1.82, 2.24) is 0 Å². The fraction of sp³-hybridized carbons (Fsp3) is 0.417. The highest BCUT2D eigenvalue weighted by molar-refractivity contribution is 9.10. The zero-order valence-electron chi connectivity index (χ0n) is 9.62. The van der Waals surface area contributed by atoms with Crippen LogP contribution in [0.25, 0.3) is 0 Å². The van der Waals surface area contributed by atoms with Gasteiger partial charge < -0.3 is 14.6 Å². The molecule has 0 aromatic heterocycles. The molecule has 0 spiro atoms. The Balaban J connectivity index is 2.36. The van der Waals surface area contributed by atoms with Gasteiger partial charge in [-0.3, -0.25) is 4.79 Å².